The van der Waals surface area contributed by atoms with Crippen molar-refractivity contribution < 1.29 is 4.79 Å². The Morgan fingerprint density at radius 3 is 2.75 bits per heavy atom. The first-order valence-corrected chi connectivity index (χ1v) is 9.51. The fraction of sp³-hybridized carbons (Fsp3) is 0.217. The van der Waals surface area contributed by atoms with Gasteiger partial charge in [0.2, 0.25) is 0 Å². The molecule has 0 saturated carbocycles. The normalized spacial score (nSPS) is 13.4. The average Bonchev–Trinajstić information content (AvgIpc) is 3.11. The fourth-order valence-corrected chi connectivity index (χ4v) is 3.64. The summed E-state index contributed by atoms with van der Waals surface area (Å²) in [5, 5.41) is 7.44. The Morgan fingerprint density at radius 1 is 1.18 bits per heavy atom. The highest BCUT2D eigenvalue weighted by Crippen LogP contribution is 2.28. The van der Waals surface area contributed by atoms with Crippen LogP contribution in [0.1, 0.15) is 27.9 Å². The Morgan fingerprint density at radius 2 is 2.00 bits per heavy atom. The van der Waals surface area contributed by atoms with Gasteiger partial charge in [0.1, 0.15) is 0 Å². The van der Waals surface area contributed by atoms with Crippen molar-refractivity contribution >= 4 is 34.4 Å². The zero-order valence-corrected chi connectivity index (χ0v) is 16.2. The SMILES string of the molecule is Cc1cc(C)cc(NC(=O)c2c[nH]c3cccc(NCC4=CC=NCC4)c23)c1. The minimum atomic E-state index is -0.116. The van der Waals surface area contributed by atoms with Crippen molar-refractivity contribution in [2.45, 2.75) is 20.3 Å². The van der Waals surface area contributed by atoms with Crippen molar-refractivity contribution in [3.63, 3.8) is 0 Å². The van der Waals surface area contributed by atoms with Gasteiger partial charge in [-0.1, -0.05) is 12.1 Å². The molecular formula is C23H24N4O. The molecular weight excluding hydrogens is 348 g/mol. The summed E-state index contributed by atoms with van der Waals surface area (Å²) >= 11 is 0. The van der Waals surface area contributed by atoms with E-state index in [-0.39, 0.29) is 5.91 Å². The number of allylic oxidation sites excluding steroid dienone is 1. The molecule has 0 fully saturated rings. The summed E-state index contributed by atoms with van der Waals surface area (Å²) in [6, 6.07) is 12.0. The number of carbonyl (C=O) groups excluding carboxylic acids is 1. The minimum Gasteiger partial charge on any atom is -0.381 e. The second-order valence-electron chi connectivity index (χ2n) is 7.24. The zero-order valence-electron chi connectivity index (χ0n) is 16.2. The number of fused-ring (bicyclic) bond motifs is 1. The van der Waals surface area contributed by atoms with E-state index in [1.165, 1.54) is 5.57 Å². The number of H-pyrrole nitrogens is 1. The van der Waals surface area contributed by atoms with Gasteiger partial charge in [-0.2, -0.15) is 0 Å². The van der Waals surface area contributed by atoms with E-state index < -0.39 is 0 Å². The van der Waals surface area contributed by atoms with Gasteiger partial charge in [0.25, 0.3) is 5.91 Å². The van der Waals surface area contributed by atoms with E-state index in [0.29, 0.717) is 5.56 Å². The molecule has 28 heavy (non-hydrogen) atoms. The average molecular weight is 372 g/mol. The molecule has 3 aromatic rings. The molecule has 0 atom stereocenters. The van der Waals surface area contributed by atoms with Gasteiger partial charge in [-0.15, -0.1) is 0 Å². The highest BCUT2D eigenvalue weighted by atomic mass is 16.1. The van der Waals surface area contributed by atoms with Crippen molar-refractivity contribution in [1.29, 1.82) is 0 Å². The first-order valence-electron chi connectivity index (χ1n) is 9.51. The monoisotopic (exact) mass is 372 g/mol. The predicted molar refractivity (Wildman–Crippen MR) is 117 cm³/mol. The molecule has 1 aliphatic heterocycles. The third-order valence-electron chi connectivity index (χ3n) is 4.91. The van der Waals surface area contributed by atoms with E-state index in [1.807, 2.05) is 50.4 Å². The molecule has 0 spiro atoms. The zero-order chi connectivity index (χ0) is 19.5. The lowest BCUT2D eigenvalue weighted by Crippen LogP contribution is -2.13. The van der Waals surface area contributed by atoms with Crippen LogP contribution in [0.5, 0.6) is 0 Å². The van der Waals surface area contributed by atoms with Gasteiger partial charge in [0.15, 0.2) is 0 Å². The lowest BCUT2D eigenvalue weighted by molar-refractivity contribution is 0.102. The first-order chi connectivity index (χ1) is 13.6. The van der Waals surface area contributed by atoms with E-state index in [1.54, 1.807) is 6.20 Å². The lowest BCUT2D eigenvalue weighted by atomic mass is 10.1. The van der Waals surface area contributed by atoms with Gasteiger partial charge in [-0.25, -0.2) is 0 Å². The summed E-state index contributed by atoms with van der Waals surface area (Å²) in [5.74, 6) is -0.116. The quantitative estimate of drug-likeness (QED) is 0.599. The summed E-state index contributed by atoms with van der Waals surface area (Å²) in [7, 11) is 0. The van der Waals surface area contributed by atoms with Crippen LogP contribution in [0.2, 0.25) is 0 Å². The molecule has 1 aliphatic rings. The molecule has 4 rings (SSSR count). The first kappa shape index (κ1) is 18.0. The van der Waals surface area contributed by atoms with E-state index in [2.05, 4.69) is 32.8 Å². The Bertz CT molecular complexity index is 1070. The number of amides is 1. The van der Waals surface area contributed by atoms with Crippen LogP contribution in [0.15, 0.2) is 59.2 Å². The Balaban J connectivity index is 1.61. The van der Waals surface area contributed by atoms with E-state index >= 15 is 0 Å². The second-order valence-corrected chi connectivity index (χ2v) is 7.24. The number of hydrogen-bond acceptors (Lipinski definition) is 3. The molecule has 1 aromatic heterocycles. The fourth-order valence-electron chi connectivity index (χ4n) is 3.64. The van der Waals surface area contributed by atoms with Crippen LogP contribution in [-0.2, 0) is 0 Å². The van der Waals surface area contributed by atoms with E-state index in [0.717, 1.165) is 52.9 Å². The van der Waals surface area contributed by atoms with Gasteiger partial charge in [-0.05, 0) is 67.3 Å². The Labute approximate surface area is 164 Å². The number of carbonyl (C=O) groups is 1. The van der Waals surface area contributed by atoms with Crippen LogP contribution in [0.25, 0.3) is 10.9 Å². The molecule has 0 aliphatic carbocycles. The number of nitrogens with zero attached hydrogens (tertiary/aromatic N) is 1. The van der Waals surface area contributed by atoms with Crippen molar-refractivity contribution in [2.75, 3.05) is 23.7 Å². The van der Waals surface area contributed by atoms with Gasteiger partial charge in [0, 0.05) is 47.8 Å². The summed E-state index contributed by atoms with van der Waals surface area (Å²) in [6.07, 6.45) is 6.66. The number of aryl methyl sites for hydroxylation is 2. The number of hydrogen-bond donors (Lipinski definition) is 3. The van der Waals surface area contributed by atoms with Crippen LogP contribution >= 0.6 is 0 Å². The third kappa shape index (κ3) is 3.83. The van der Waals surface area contributed by atoms with Crippen molar-refractivity contribution in [1.82, 2.24) is 4.98 Å². The van der Waals surface area contributed by atoms with E-state index in [4.69, 9.17) is 0 Å². The molecule has 0 unspecified atom stereocenters. The topological polar surface area (TPSA) is 69.3 Å². The number of rotatable bonds is 5. The van der Waals surface area contributed by atoms with Gasteiger partial charge in [0.05, 0.1) is 5.56 Å². The Kier molecular flexibility index (Phi) is 4.98. The van der Waals surface area contributed by atoms with Crippen molar-refractivity contribution in [2.24, 2.45) is 4.99 Å². The highest BCUT2D eigenvalue weighted by molar-refractivity contribution is 6.16. The second kappa shape index (κ2) is 7.72. The summed E-state index contributed by atoms with van der Waals surface area (Å²) in [5.41, 5.74) is 6.90. The number of aromatic nitrogens is 1. The van der Waals surface area contributed by atoms with Gasteiger partial charge in [-0.3, -0.25) is 9.79 Å². The molecule has 0 saturated heterocycles. The van der Waals surface area contributed by atoms with Crippen LogP contribution in [0.4, 0.5) is 11.4 Å². The summed E-state index contributed by atoms with van der Waals surface area (Å²) < 4.78 is 0. The molecule has 0 radical (unpaired) electrons. The third-order valence-corrected chi connectivity index (χ3v) is 4.91. The lowest BCUT2D eigenvalue weighted by Gasteiger charge is -2.13. The maximum atomic E-state index is 13.0. The number of aliphatic imine (C=N–C) groups is 1. The minimum absolute atomic E-state index is 0.116. The maximum Gasteiger partial charge on any atom is 0.257 e. The van der Waals surface area contributed by atoms with Crippen molar-refractivity contribution in [3.8, 4) is 0 Å². The molecule has 3 N–H and O–H groups in total. The van der Waals surface area contributed by atoms with Gasteiger partial charge >= 0.3 is 0 Å². The molecule has 1 amide bonds. The summed E-state index contributed by atoms with van der Waals surface area (Å²) in [6.45, 7) is 5.64. The van der Waals surface area contributed by atoms with E-state index in [9.17, 15) is 4.79 Å². The standard InChI is InChI=1S/C23H24N4O/c1-15-10-16(2)12-18(11-15)27-23(28)19-14-26-21-5-3-4-20(22(19)21)25-13-17-6-8-24-9-7-17/h3-6,8,10-12,14,25-26H,7,9,13H2,1-2H3,(H,27,28). The largest absolute Gasteiger partial charge is 0.381 e. The smallest absolute Gasteiger partial charge is 0.257 e. The molecule has 5 heteroatoms. The number of nitrogens with one attached hydrogen (secondary N) is 3. The Hall–Kier alpha value is -3.34. The molecule has 142 valence electrons. The molecule has 0 bridgehead atoms. The number of dihydropyridines is 1. The number of aromatic amines is 1. The highest BCUT2D eigenvalue weighted by Gasteiger charge is 2.16. The molecule has 5 nitrogen and oxygen atoms in total. The van der Waals surface area contributed by atoms with Crippen LogP contribution in [0.3, 0.4) is 0 Å². The summed E-state index contributed by atoms with van der Waals surface area (Å²) in [4.78, 5) is 20.4. The van der Waals surface area contributed by atoms with Crippen molar-refractivity contribution in [3.05, 3.63) is 70.9 Å². The molecule has 2 aromatic carbocycles. The molecule has 2 heterocycles. The van der Waals surface area contributed by atoms with Crippen LogP contribution in [-0.4, -0.2) is 30.2 Å². The van der Waals surface area contributed by atoms with Crippen LogP contribution < -0.4 is 10.6 Å². The number of benzene rings is 2. The van der Waals surface area contributed by atoms with Gasteiger partial charge < -0.3 is 15.6 Å². The predicted octanol–water partition coefficient (Wildman–Crippen LogP) is 4.85. The number of anilines is 2. The van der Waals surface area contributed by atoms with Crippen LogP contribution in [0, 0.1) is 13.8 Å². The maximum absolute atomic E-state index is 13.0.